The van der Waals surface area contributed by atoms with Gasteiger partial charge < -0.3 is 20.1 Å². The number of hydrogen-bond acceptors (Lipinski definition) is 6. The van der Waals surface area contributed by atoms with Crippen LogP contribution < -0.4 is 15.4 Å². The molecule has 0 aromatic heterocycles. The lowest BCUT2D eigenvalue weighted by Gasteiger charge is -2.26. The van der Waals surface area contributed by atoms with Crippen molar-refractivity contribution in [3.63, 3.8) is 0 Å². The van der Waals surface area contributed by atoms with E-state index in [0.717, 1.165) is 6.07 Å². The van der Waals surface area contributed by atoms with E-state index in [1.165, 1.54) is 35.7 Å². The summed E-state index contributed by atoms with van der Waals surface area (Å²) in [5.74, 6) is -0.969. The minimum absolute atomic E-state index is 0.00323. The van der Waals surface area contributed by atoms with Crippen molar-refractivity contribution in [3.05, 3.63) is 47.2 Å². The predicted octanol–water partition coefficient (Wildman–Crippen LogP) is 2.56. The second kappa shape index (κ2) is 9.61. The minimum Gasteiger partial charge on any atom is -0.495 e. The third-order valence-corrected chi connectivity index (χ3v) is 6.56. The fourth-order valence-electron chi connectivity index (χ4n) is 2.88. The number of nitrogens with one attached hydrogen (secondary N) is 2. The van der Waals surface area contributed by atoms with Gasteiger partial charge in [-0.05, 0) is 36.4 Å². The van der Waals surface area contributed by atoms with E-state index in [2.05, 4.69) is 10.6 Å². The second-order valence-electron chi connectivity index (χ2n) is 6.41. The van der Waals surface area contributed by atoms with Crippen molar-refractivity contribution in [2.45, 2.75) is 4.90 Å². The molecule has 1 aliphatic rings. The van der Waals surface area contributed by atoms with Crippen LogP contribution in [0.1, 0.15) is 0 Å². The van der Waals surface area contributed by atoms with Gasteiger partial charge in [-0.3, -0.25) is 4.79 Å². The van der Waals surface area contributed by atoms with Crippen LogP contribution in [0, 0.1) is 5.82 Å². The molecule has 0 atom stereocenters. The molecule has 1 amide bonds. The number of hydrogen-bond donors (Lipinski definition) is 2. The third kappa shape index (κ3) is 5.20. The summed E-state index contributed by atoms with van der Waals surface area (Å²) in [4.78, 5) is 12.1. The van der Waals surface area contributed by atoms with Crippen molar-refractivity contribution in [1.82, 2.24) is 4.31 Å². The molecule has 11 heteroatoms. The molecule has 2 aromatic rings. The number of nitrogens with zero attached hydrogens (tertiary/aromatic N) is 1. The molecular formula is C19H21ClFN3O5S. The Morgan fingerprint density at radius 3 is 2.63 bits per heavy atom. The first-order valence-corrected chi connectivity index (χ1v) is 10.9. The van der Waals surface area contributed by atoms with Gasteiger partial charge in [0.15, 0.2) is 0 Å². The van der Waals surface area contributed by atoms with Crippen LogP contribution in [0.15, 0.2) is 41.3 Å². The first kappa shape index (κ1) is 22.3. The highest BCUT2D eigenvalue weighted by molar-refractivity contribution is 7.89. The van der Waals surface area contributed by atoms with Crippen molar-refractivity contribution < 1.29 is 27.1 Å². The van der Waals surface area contributed by atoms with Gasteiger partial charge in [-0.15, -0.1) is 0 Å². The summed E-state index contributed by atoms with van der Waals surface area (Å²) in [7, 11) is -2.41. The van der Waals surface area contributed by atoms with E-state index < -0.39 is 21.7 Å². The average Bonchev–Trinajstić information content (AvgIpc) is 2.74. The average molecular weight is 458 g/mol. The van der Waals surface area contributed by atoms with E-state index in [4.69, 9.17) is 21.1 Å². The molecular weight excluding hydrogens is 437 g/mol. The highest BCUT2D eigenvalue weighted by Gasteiger charge is 2.29. The van der Waals surface area contributed by atoms with Crippen LogP contribution in [-0.2, 0) is 19.6 Å². The molecule has 3 rings (SSSR count). The van der Waals surface area contributed by atoms with Crippen LogP contribution in [0.5, 0.6) is 5.75 Å². The van der Waals surface area contributed by atoms with Crippen LogP contribution in [-0.4, -0.2) is 58.6 Å². The Bertz CT molecular complexity index is 1030. The van der Waals surface area contributed by atoms with Gasteiger partial charge in [-0.1, -0.05) is 11.6 Å². The minimum atomic E-state index is -3.80. The van der Waals surface area contributed by atoms with E-state index in [9.17, 15) is 17.6 Å². The summed E-state index contributed by atoms with van der Waals surface area (Å²) in [5, 5.41) is 5.48. The third-order valence-electron chi connectivity index (χ3n) is 4.41. The van der Waals surface area contributed by atoms with Gasteiger partial charge in [0, 0.05) is 23.8 Å². The summed E-state index contributed by atoms with van der Waals surface area (Å²) in [6, 6.07) is 8.41. The van der Waals surface area contributed by atoms with Gasteiger partial charge in [0.2, 0.25) is 15.9 Å². The van der Waals surface area contributed by atoms with E-state index in [1.807, 2.05) is 0 Å². The lowest BCUT2D eigenvalue weighted by molar-refractivity contribution is -0.114. The number of ether oxygens (including phenoxy) is 2. The number of morpholine rings is 1. The molecule has 2 N–H and O–H groups in total. The molecule has 1 heterocycles. The highest BCUT2D eigenvalue weighted by atomic mass is 35.5. The summed E-state index contributed by atoms with van der Waals surface area (Å²) in [6.07, 6.45) is 0. The standard InChI is InChI=1S/C19H21ClFN3O5S/c1-28-17-5-3-14(11-18(17)30(26,27)24-6-8-29-9-7-24)22-12-19(25)23-16-4-2-13(20)10-15(16)21/h2-5,10-11,22H,6-9,12H2,1H3,(H,23,25). The highest BCUT2D eigenvalue weighted by Crippen LogP contribution is 2.30. The molecule has 1 fully saturated rings. The van der Waals surface area contributed by atoms with E-state index in [1.54, 1.807) is 6.07 Å². The van der Waals surface area contributed by atoms with Gasteiger partial charge in [0.05, 0.1) is 32.6 Å². The lowest BCUT2D eigenvalue weighted by Crippen LogP contribution is -2.40. The zero-order chi connectivity index (χ0) is 21.7. The maximum Gasteiger partial charge on any atom is 0.246 e. The van der Waals surface area contributed by atoms with E-state index in [-0.39, 0.29) is 41.0 Å². The molecule has 0 bridgehead atoms. The van der Waals surface area contributed by atoms with Crippen molar-refractivity contribution in [1.29, 1.82) is 0 Å². The van der Waals surface area contributed by atoms with E-state index in [0.29, 0.717) is 18.9 Å². The summed E-state index contributed by atoms with van der Waals surface area (Å²) < 4.78 is 51.5. The number of methoxy groups -OCH3 is 1. The Labute approximate surface area is 179 Å². The topological polar surface area (TPSA) is 97.0 Å². The number of benzene rings is 2. The molecule has 30 heavy (non-hydrogen) atoms. The number of carbonyl (C=O) groups is 1. The lowest BCUT2D eigenvalue weighted by atomic mass is 10.3. The smallest absolute Gasteiger partial charge is 0.246 e. The van der Waals surface area contributed by atoms with E-state index >= 15 is 0 Å². The molecule has 0 saturated carbocycles. The molecule has 0 unspecified atom stereocenters. The Kier molecular flexibility index (Phi) is 7.14. The summed E-state index contributed by atoms with van der Waals surface area (Å²) >= 11 is 5.69. The Hall–Kier alpha value is -2.40. The van der Waals surface area contributed by atoms with Crippen LogP contribution in [0.2, 0.25) is 5.02 Å². The Balaban J connectivity index is 1.72. The Morgan fingerprint density at radius 2 is 1.97 bits per heavy atom. The monoisotopic (exact) mass is 457 g/mol. The maximum atomic E-state index is 13.8. The number of anilines is 2. The van der Waals surface area contributed by atoms with Crippen LogP contribution in [0.25, 0.3) is 0 Å². The van der Waals surface area contributed by atoms with Crippen molar-refractivity contribution in [2.75, 3.05) is 50.6 Å². The number of carbonyl (C=O) groups excluding carboxylic acids is 1. The van der Waals surface area contributed by atoms with Crippen LogP contribution in [0.4, 0.5) is 15.8 Å². The first-order chi connectivity index (χ1) is 14.3. The predicted molar refractivity (Wildman–Crippen MR) is 111 cm³/mol. The largest absolute Gasteiger partial charge is 0.495 e. The molecule has 2 aromatic carbocycles. The van der Waals surface area contributed by atoms with Crippen LogP contribution >= 0.6 is 11.6 Å². The number of rotatable bonds is 7. The second-order valence-corrected chi connectivity index (χ2v) is 8.75. The molecule has 0 aliphatic carbocycles. The number of sulfonamides is 1. The van der Waals surface area contributed by atoms with Gasteiger partial charge in [-0.2, -0.15) is 4.31 Å². The van der Waals surface area contributed by atoms with Gasteiger partial charge >= 0.3 is 0 Å². The molecule has 1 aliphatic heterocycles. The normalized spacial score (nSPS) is 14.9. The maximum absolute atomic E-state index is 13.8. The first-order valence-electron chi connectivity index (χ1n) is 9.06. The SMILES string of the molecule is COc1ccc(NCC(=O)Nc2ccc(Cl)cc2F)cc1S(=O)(=O)N1CCOCC1. The Morgan fingerprint density at radius 1 is 1.23 bits per heavy atom. The van der Waals surface area contributed by atoms with Gasteiger partial charge in [0.1, 0.15) is 16.5 Å². The zero-order valence-electron chi connectivity index (χ0n) is 16.2. The fourth-order valence-corrected chi connectivity index (χ4v) is 4.63. The van der Waals surface area contributed by atoms with Crippen molar-refractivity contribution in [2.24, 2.45) is 0 Å². The molecule has 0 spiro atoms. The van der Waals surface area contributed by atoms with Crippen molar-refractivity contribution >= 4 is 38.9 Å². The zero-order valence-corrected chi connectivity index (χ0v) is 17.7. The van der Waals surface area contributed by atoms with Crippen molar-refractivity contribution in [3.8, 4) is 5.75 Å². The molecule has 162 valence electrons. The van der Waals surface area contributed by atoms with Gasteiger partial charge in [-0.25, -0.2) is 12.8 Å². The van der Waals surface area contributed by atoms with Crippen LogP contribution in [0.3, 0.4) is 0 Å². The molecule has 0 radical (unpaired) electrons. The van der Waals surface area contributed by atoms with Gasteiger partial charge in [0.25, 0.3) is 0 Å². The molecule has 1 saturated heterocycles. The summed E-state index contributed by atoms with van der Waals surface area (Å²) in [6.45, 7) is 0.934. The summed E-state index contributed by atoms with van der Waals surface area (Å²) in [5.41, 5.74) is 0.394. The quantitative estimate of drug-likeness (QED) is 0.663. The molecule has 8 nitrogen and oxygen atoms in total. The number of amides is 1. The number of halogens is 2. The fraction of sp³-hybridized carbons (Fsp3) is 0.316.